The number of hydrogen-bond donors (Lipinski definition) is 0. The largest absolute Gasteiger partial charge is 0.493 e. The molecule has 0 amide bonds. The van der Waals surface area contributed by atoms with Gasteiger partial charge in [-0.2, -0.15) is 0 Å². The van der Waals surface area contributed by atoms with Gasteiger partial charge in [-0.1, -0.05) is 6.07 Å². The minimum Gasteiger partial charge on any atom is -0.493 e. The summed E-state index contributed by atoms with van der Waals surface area (Å²) < 4.78 is 15.4. The van der Waals surface area contributed by atoms with Gasteiger partial charge >= 0.3 is 5.97 Å². The molecule has 0 aliphatic heterocycles. The van der Waals surface area contributed by atoms with E-state index >= 15 is 0 Å². The molecule has 0 saturated carbocycles. The number of ketones is 1. The monoisotopic (exact) mass is 288 g/mol. The van der Waals surface area contributed by atoms with Gasteiger partial charge in [-0.05, 0) is 43.2 Å². The number of benzene rings is 1. The van der Waals surface area contributed by atoms with Crippen molar-refractivity contribution < 1.29 is 23.5 Å². The summed E-state index contributed by atoms with van der Waals surface area (Å²) in [5.41, 5.74) is 0.944. The van der Waals surface area contributed by atoms with Crippen LogP contribution in [-0.4, -0.2) is 18.9 Å². The van der Waals surface area contributed by atoms with E-state index in [4.69, 9.17) is 13.9 Å². The van der Waals surface area contributed by atoms with E-state index in [2.05, 4.69) is 0 Å². The summed E-state index contributed by atoms with van der Waals surface area (Å²) in [4.78, 5) is 22.8. The maximum absolute atomic E-state index is 11.8. The first-order valence-electron chi connectivity index (χ1n) is 6.52. The van der Waals surface area contributed by atoms with E-state index in [0.717, 1.165) is 5.56 Å². The molecule has 110 valence electrons. The number of furan rings is 1. The van der Waals surface area contributed by atoms with Crippen molar-refractivity contribution in [2.24, 2.45) is 0 Å². The van der Waals surface area contributed by atoms with Crippen molar-refractivity contribution in [1.29, 1.82) is 0 Å². The summed E-state index contributed by atoms with van der Waals surface area (Å²) >= 11 is 0. The van der Waals surface area contributed by atoms with Crippen LogP contribution in [0.5, 0.6) is 11.5 Å². The van der Waals surface area contributed by atoms with E-state index in [9.17, 15) is 9.59 Å². The maximum Gasteiger partial charge on any atom is 0.379 e. The number of esters is 1. The molecule has 0 aliphatic rings. The van der Waals surface area contributed by atoms with Crippen molar-refractivity contribution in [3.8, 4) is 11.5 Å². The van der Waals surface area contributed by atoms with Crippen LogP contribution in [0.4, 0.5) is 0 Å². The Hall–Kier alpha value is -2.56. The lowest BCUT2D eigenvalue weighted by atomic mass is 10.1. The van der Waals surface area contributed by atoms with E-state index in [1.54, 1.807) is 31.2 Å². The molecule has 0 fully saturated rings. The fraction of sp³-hybridized carbons (Fsp3) is 0.250. The molecule has 1 aromatic heterocycles. The Bertz CT molecular complexity index is 628. The Labute approximate surface area is 122 Å². The molecule has 1 aromatic carbocycles. The van der Waals surface area contributed by atoms with Gasteiger partial charge in [0.2, 0.25) is 5.76 Å². The van der Waals surface area contributed by atoms with Crippen LogP contribution in [0.25, 0.3) is 0 Å². The molecular formula is C16H16O5. The van der Waals surface area contributed by atoms with Gasteiger partial charge in [-0.25, -0.2) is 4.79 Å². The third-order valence-electron chi connectivity index (χ3n) is 2.92. The third-order valence-corrected chi connectivity index (χ3v) is 2.92. The second-order valence-electron chi connectivity index (χ2n) is 4.55. The predicted molar refractivity (Wildman–Crippen MR) is 75.7 cm³/mol. The quantitative estimate of drug-likeness (QED) is 0.604. The van der Waals surface area contributed by atoms with Crippen molar-refractivity contribution in [2.75, 3.05) is 7.11 Å². The lowest BCUT2D eigenvalue weighted by molar-refractivity contribution is -0.116. The fourth-order valence-corrected chi connectivity index (χ4v) is 1.82. The number of aryl methyl sites for hydroxylation is 1. The SMILES string of the molecule is COc1cc(CCC(C)=O)ccc1OC(=O)c1ccco1. The van der Waals surface area contributed by atoms with Crippen LogP contribution in [0.1, 0.15) is 29.5 Å². The molecule has 0 radical (unpaired) electrons. The van der Waals surface area contributed by atoms with Gasteiger partial charge in [-0.15, -0.1) is 0 Å². The van der Waals surface area contributed by atoms with Crippen LogP contribution >= 0.6 is 0 Å². The van der Waals surface area contributed by atoms with Crippen LogP contribution in [0, 0.1) is 0 Å². The summed E-state index contributed by atoms with van der Waals surface area (Å²) in [5.74, 6) is 0.413. The van der Waals surface area contributed by atoms with Gasteiger partial charge in [0, 0.05) is 6.42 Å². The van der Waals surface area contributed by atoms with Gasteiger partial charge in [0.25, 0.3) is 0 Å². The molecule has 5 nitrogen and oxygen atoms in total. The minimum absolute atomic E-state index is 0.123. The second-order valence-corrected chi connectivity index (χ2v) is 4.55. The molecule has 0 N–H and O–H groups in total. The van der Waals surface area contributed by atoms with Gasteiger partial charge in [-0.3, -0.25) is 0 Å². The molecule has 2 aromatic rings. The van der Waals surface area contributed by atoms with Crippen molar-refractivity contribution in [3.63, 3.8) is 0 Å². The summed E-state index contributed by atoms with van der Waals surface area (Å²) in [6, 6.07) is 8.34. The molecule has 0 unspecified atom stereocenters. The van der Waals surface area contributed by atoms with E-state index in [-0.39, 0.29) is 11.5 Å². The van der Waals surface area contributed by atoms with Gasteiger partial charge in [0.1, 0.15) is 5.78 Å². The topological polar surface area (TPSA) is 65.7 Å². The molecule has 0 spiro atoms. The Kier molecular flexibility index (Phi) is 4.77. The van der Waals surface area contributed by atoms with Crippen molar-refractivity contribution >= 4 is 11.8 Å². The standard InChI is InChI=1S/C16H16O5/c1-11(17)5-6-12-7-8-13(15(10-12)19-2)21-16(18)14-4-3-9-20-14/h3-4,7-10H,5-6H2,1-2H3. The molecule has 5 heteroatoms. The zero-order chi connectivity index (χ0) is 15.2. The summed E-state index contributed by atoms with van der Waals surface area (Å²) in [6.45, 7) is 1.55. The summed E-state index contributed by atoms with van der Waals surface area (Å²) in [5, 5.41) is 0. The average molecular weight is 288 g/mol. The number of hydrogen-bond acceptors (Lipinski definition) is 5. The zero-order valence-corrected chi connectivity index (χ0v) is 11.9. The van der Waals surface area contributed by atoms with E-state index in [0.29, 0.717) is 24.3 Å². The fourth-order valence-electron chi connectivity index (χ4n) is 1.82. The van der Waals surface area contributed by atoms with E-state index in [1.165, 1.54) is 19.4 Å². The van der Waals surface area contributed by atoms with Crippen LogP contribution < -0.4 is 9.47 Å². The van der Waals surface area contributed by atoms with Gasteiger partial charge < -0.3 is 18.7 Å². The molecule has 0 saturated heterocycles. The lowest BCUT2D eigenvalue weighted by Gasteiger charge is -2.10. The average Bonchev–Trinajstić information content (AvgIpc) is 3.00. The molecule has 21 heavy (non-hydrogen) atoms. The number of carbonyl (C=O) groups is 2. The highest BCUT2D eigenvalue weighted by Gasteiger charge is 2.15. The highest BCUT2D eigenvalue weighted by Crippen LogP contribution is 2.29. The maximum atomic E-state index is 11.8. The van der Waals surface area contributed by atoms with Crippen LogP contribution in [0.2, 0.25) is 0 Å². The molecule has 0 bridgehead atoms. The number of Topliss-reactive ketones (excluding diaryl/α,β-unsaturated/α-hetero) is 1. The van der Waals surface area contributed by atoms with E-state index in [1.807, 2.05) is 0 Å². The van der Waals surface area contributed by atoms with Crippen molar-refractivity contribution in [1.82, 2.24) is 0 Å². The van der Waals surface area contributed by atoms with Crippen LogP contribution in [0.15, 0.2) is 41.0 Å². The van der Waals surface area contributed by atoms with Crippen LogP contribution in [0.3, 0.4) is 0 Å². The zero-order valence-electron chi connectivity index (χ0n) is 11.9. The van der Waals surface area contributed by atoms with Gasteiger partial charge in [0.15, 0.2) is 11.5 Å². The van der Waals surface area contributed by atoms with E-state index < -0.39 is 5.97 Å². The normalized spacial score (nSPS) is 10.2. The highest BCUT2D eigenvalue weighted by atomic mass is 16.6. The molecule has 1 heterocycles. The number of carbonyl (C=O) groups excluding carboxylic acids is 2. The van der Waals surface area contributed by atoms with Crippen molar-refractivity contribution in [3.05, 3.63) is 47.9 Å². The highest BCUT2D eigenvalue weighted by molar-refractivity contribution is 5.88. The Morgan fingerprint density at radius 3 is 2.62 bits per heavy atom. The Morgan fingerprint density at radius 1 is 1.19 bits per heavy atom. The second kappa shape index (κ2) is 6.74. The predicted octanol–water partition coefficient (Wildman–Crippen LogP) is 3.03. The molecule has 2 rings (SSSR count). The summed E-state index contributed by atoms with van der Waals surface area (Å²) in [7, 11) is 1.49. The molecular weight excluding hydrogens is 272 g/mol. The first kappa shape index (κ1) is 14.8. The number of rotatable bonds is 6. The Morgan fingerprint density at radius 2 is 2.00 bits per heavy atom. The summed E-state index contributed by atoms with van der Waals surface area (Å²) in [6.07, 6.45) is 2.49. The number of methoxy groups -OCH3 is 1. The smallest absolute Gasteiger partial charge is 0.379 e. The third kappa shape index (κ3) is 3.95. The molecule has 0 aliphatic carbocycles. The van der Waals surface area contributed by atoms with Crippen LogP contribution in [-0.2, 0) is 11.2 Å². The van der Waals surface area contributed by atoms with Gasteiger partial charge in [0.05, 0.1) is 13.4 Å². The Balaban J connectivity index is 2.12. The number of ether oxygens (including phenoxy) is 2. The first-order chi connectivity index (χ1) is 10.1. The minimum atomic E-state index is -0.588. The first-order valence-corrected chi connectivity index (χ1v) is 6.52. The van der Waals surface area contributed by atoms with Crippen molar-refractivity contribution in [2.45, 2.75) is 19.8 Å². The lowest BCUT2D eigenvalue weighted by Crippen LogP contribution is -2.08. The molecule has 0 atom stereocenters.